The van der Waals surface area contributed by atoms with E-state index >= 15 is 0 Å². The van der Waals surface area contributed by atoms with Crippen LogP contribution in [-0.2, 0) is 12.6 Å². The van der Waals surface area contributed by atoms with E-state index in [1.807, 2.05) is 0 Å². The van der Waals surface area contributed by atoms with Gasteiger partial charge < -0.3 is 10.7 Å². The van der Waals surface area contributed by atoms with Crippen LogP contribution >= 0.6 is 12.4 Å². The number of halogens is 5. The number of nitrogens with two attached hydrogens (primary N) is 1. The molecule has 100 valence electrons. The Morgan fingerprint density at radius 3 is 2.44 bits per heavy atom. The first-order chi connectivity index (χ1) is 7.93. The molecule has 0 fully saturated rings. The zero-order valence-electron chi connectivity index (χ0n) is 9.14. The largest absolute Gasteiger partial charge is 0.431 e. The first-order valence-electron chi connectivity index (χ1n) is 5.01. The third kappa shape index (κ3) is 2.59. The lowest BCUT2D eigenvalue weighted by molar-refractivity contribution is -0.141. The van der Waals surface area contributed by atoms with Gasteiger partial charge in [0.2, 0.25) is 0 Å². The van der Waals surface area contributed by atoms with Gasteiger partial charge in [0.05, 0.1) is 0 Å². The van der Waals surface area contributed by atoms with Crippen LogP contribution in [0.2, 0.25) is 0 Å². The Morgan fingerprint density at radius 1 is 1.22 bits per heavy atom. The number of alkyl halides is 3. The highest BCUT2D eigenvalue weighted by Crippen LogP contribution is 2.35. The molecule has 0 radical (unpaired) electrons. The van der Waals surface area contributed by atoms with E-state index < -0.39 is 17.7 Å². The molecule has 3 N–H and O–H groups in total. The van der Waals surface area contributed by atoms with Gasteiger partial charge in [-0.2, -0.15) is 13.2 Å². The molecule has 0 saturated heterocycles. The molecular formula is C11H11ClF4N2. The molecule has 18 heavy (non-hydrogen) atoms. The molecule has 0 unspecified atom stereocenters. The summed E-state index contributed by atoms with van der Waals surface area (Å²) in [6.45, 7) is 0.0759. The molecule has 7 heteroatoms. The van der Waals surface area contributed by atoms with Crippen LogP contribution < -0.4 is 5.73 Å². The molecule has 2 nitrogen and oxygen atoms in total. The minimum absolute atomic E-state index is 0. The molecule has 1 heterocycles. The van der Waals surface area contributed by atoms with Gasteiger partial charge in [-0.1, -0.05) is 0 Å². The van der Waals surface area contributed by atoms with E-state index in [-0.39, 0.29) is 41.8 Å². The number of nitrogens with one attached hydrogen (secondary N) is 1. The van der Waals surface area contributed by atoms with Crippen LogP contribution in [0.15, 0.2) is 18.2 Å². The molecule has 2 rings (SSSR count). The molecule has 0 aliphatic heterocycles. The fourth-order valence-electron chi connectivity index (χ4n) is 1.87. The molecule has 1 aromatic carbocycles. The zero-order chi connectivity index (χ0) is 12.6. The molecule has 0 aliphatic rings. The second-order valence-corrected chi connectivity index (χ2v) is 3.70. The first kappa shape index (κ1) is 14.8. The van der Waals surface area contributed by atoms with E-state index in [0.29, 0.717) is 0 Å². The highest BCUT2D eigenvalue weighted by atomic mass is 35.5. The Balaban J connectivity index is 0.00000162. The quantitative estimate of drug-likeness (QED) is 0.816. The molecule has 0 aliphatic carbocycles. The Morgan fingerprint density at radius 2 is 1.89 bits per heavy atom. The number of H-pyrrole nitrogens is 1. The molecule has 0 bridgehead atoms. The van der Waals surface area contributed by atoms with Crippen LogP contribution in [0.4, 0.5) is 17.6 Å². The lowest BCUT2D eigenvalue weighted by Gasteiger charge is -2.07. The summed E-state index contributed by atoms with van der Waals surface area (Å²) in [5.41, 5.74) is 4.73. The smallest absolute Gasteiger partial charge is 0.351 e. The number of aromatic nitrogens is 1. The number of hydrogen-bond acceptors (Lipinski definition) is 1. The summed E-state index contributed by atoms with van der Waals surface area (Å²) in [6.07, 6.45) is -4.43. The van der Waals surface area contributed by atoms with Crippen molar-refractivity contribution in [2.75, 3.05) is 6.54 Å². The Bertz CT molecular complexity index is 548. The van der Waals surface area contributed by atoms with Gasteiger partial charge in [-0.25, -0.2) is 4.39 Å². The summed E-state index contributed by atoms with van der Waals surface area (Å²) in [7, 11) is 0. The van der Waals surface area contributed by atoms with E-state index in [9.17, 15) is 17.6 Å². The van der Waals surface area contributed by atoms with Gasteiger partial charge >= 0.3 is 6.18 Å². The number of hydrogen-bond donors (Lipinski definition) is 2. The predicted molar refractivity (Wildman–Crippen MR) is 63.3 cm³/mol. The number of fused-ring (bicyclic) bond motifs is 1. The summed E-state index contributed by atoms with van der Waals surface area (Å²) in [6, 6.07) is 3.50. The van der Waals surface area contributed by atoms with Crippen LogP contribution in [-0.4, -0.2) is 11.5 Å². The van der Waals surface area contributed by atoms with Gasteiger partial charge in [0, 0.05) is 10.9 Å². The average molecular weight is 283 g/mol. The van der Waals surface area contributed by atoms with Gasteiger partial charge in [0.1, 0.15) is 11.5 Å². The number of rotatable bonds is 2. The van der Waals surface area contributed by atoms with Crippen molar-refractivity contribution in [2.24, 2.45) is 5.73 Å². The van der Waals surface area contributed by atoms with E-state index in [1.54, 1.807) is 0 Å². The molecule has 1 aromatic heterocycles. The third-order valence-corrected chi connectivity index (χ3v) is 2.55. The fraction of sp³-hybridized carbons (Fsp3) is 0.273. The van der Waals surface area contributed by atoms with Crippen molar-refractivity contribution < 1.29 is 17.6 Å². The molecule has 2 aromatic rings. The maximum absolute atomic E-state index is 13.0. The zero-order valence-corrected chi connectivity index (χ0v) is 9.96. The minimum Gasteiger partial charge on any atom is -0.351 e. The van der Waals surface area contributed by atoms with Crippen LogP contribution in [0.25, 0.3) is 10.9 Å². The van der Waals surface area contributed by atoms with Crippen molar-refractivity contribution >= 4 is 23.3 Å². The normalized spacial score (nSPS) is 11.6. The first-order valence-corrected chi connectivity index (χ1v) is 5.01. The van der Waals surface area contributed by atoms with Crippen LogP contribution in [0.5, 0.6) is 0 Å². The second kappa shape index (κ2) is 5.16. The Labute approximate surface area is 107 Å². The van der Waals surface area contributed by atoms with Crippen molar-refractivity contribution in [1.29, 1.82) is 0 Å². The molecule has 0 spiro atoms. The molecule has 0 amide bonds. The lowest BCUT2D eigenvalue weighted by atomic mass is 10.1. The number of benzene rings is 1. The summed E-state index contributed by atoms with van der Waals surface area (Å²) in [5, 5.41) is 0.239. The van der Waals surface area contributed by atoms with E-state index in [2.05, 4.69) is 4.98 Å². The van der Waals surface area contributed by atoms with Gasteiger partial charge in [-0.15, -0.1) is 12.4 Å². The fourth-order valence-corrected chi connectivity index (χ4v) is 1.87. The van der Waals surface area contributed by atoms with Crippen molar-refractivity contribution in [3.8, 4) is 0 Å². The topological polar surface area (TPSA) is 41.8 Å². The monoisotopic (exact) mass is 282 g/mol. The highest BCUT2D eigenvalue weighted by Gasteiger charge is 2.36. The number of aromatic amines is 1. The minimum atomic E-state index is -4.49. The van der Waals surface area contributed by atoms with Crippen molar-refractivity contribution in [1.82, 2.24) is 4.98 Å². The van der Waals surface area contributed by atoms with Crippen molar-refractivity contribution in [3.63, 3.8) is 0 Å². The van der Waals surface area contributed by atoms with Gasteiger partial charge in [0.15, 0.2) is 0 Å². The van der Waals surface area contributed by atoms with Gasteiger partial charge in [-0.3, -0.25) is 0 Å². The summed E-state index contributed by atoms with van der Waals surface area (Å²) in [5.74, 6) is -0.566. The third-order valence-electron chi connectivity index (χ3n) is 2.55. The van der Waals surface area contributed by atoms with Gasteiger partial charge in [-0.05, 0) is 36.7 Å². The predicted octanol–water partition coefficient (Wildman–Crippen LogP) is 3.25. The van der Waals surface area contributed by atoms with Crippen molar-refractivity contribution in [3.05, 3.63) is 35.3 Å². The van der Waals surface area contributed by atoms with Crippen LogP contribution in [0, 0.1) is 5.82 Å². The van der Waals surface area contributed by atoms with Crippen LogP contribution in [0.3, 0.4) is 0 Å². The molecular weight excluding hydrogens is 272 g/mol. The second-order valence-electron chi connectivity index (χ2n) is 3.70. The maximum atomic E-state index is 13.0. The van der Waals surface area contributed by atoms with E-state index in [1.165, 1.54) is 6.07 Å². The van der Waals surface area contributed by atoms with E-state index in [4.69, 9.17) is 5.73 Å². The van der Waals surface area contributed by atoms with E-state index in [0.717, 1.165) is 12.1 Å². The van der Waals surface area contributed by atoms with Gasteiger partial charge in [0.25, 0.3) is 0 Å². The molecule has 0 atom stereocenters. The van der Waals surface area contributed by atoms with Crippen LogP contribution in [0.1, 0.15) is 11.3 Å². The summed E-state index contributed by atoms with van der Waals surface area (Å²) < 4.78 is 51.3. The molecule has 0 saturated carbocycles. The highest BCUT2D eigenvalue weighted by molar-refractivity contribution is 5.85. The van der Waals surface area contributed by atoms with Crippen molar-refractivity contribution in [2.45, 2.75) is 12.6 Å². The Kier molecular flexibility index (Phi) is 4.24. The SMILES string of the molecule is Cl.NCCc1c(C(F)(F)F)[nH]c2ccc(F)cc12. The maximum Gasteiger partial charge on any atom is 0.431 e. The average Bonchev–Trinajstić information content (AvgIpc) is 2.57. The summed E-state index contributed by atoms with van der Waals surface area (Å²) >= 11 is 0. The standard InChI is InChI=1S/C11H10F4N2.ClH/c12-6-1-2-9-8(5-6)7(3-4-16)10(17-9)11(13,14)15;/h1-2,5,17H,3-4,16H2;1H. The lowest BCUT2D eigenvalue weighted by Crippen LogP contribution is -2.11. The Hall–Kier alpha value is -1.27. The summed E-state index contributed by atoms with van der Waals surface area (Å²) in [4.78, 5) is 2.27.